The molecule has 0 heterocycles. The Kier molecular flexibility index (Phi) is 3.47. The molecule has 5 heteroatoms. The summed E-state index contributed by atoms with van der Waals surface area (Å²) in [5.74, 6) is -0.808. The third kappa shape index (κ3) is 2.90. The van der Waals surface area contributed by atoms with Crippen molar-refractivity contribution in [1.82, 2.24) is 0 Å². The number of aromatic carboxylic acids is 1. The molecule has 0 radical (unpaired) electrons. The molecular weight excluding hydrogens is 248 g/mol. The lowest BCUT2D eigenvalue weighted by molar-refractivity contribution is 0.0693. The van der Waals surface area contributed by atoms with Gasteiger partial charge in [-0.05, 0) is 42.5 Å². The van der Waals surface area contributed by atoms with E-state index in [0.29, 0.717) is 17.6 Å². The summed E-state index contributed by atoms with van der Waals surface area (Å²) in [5, 5.41) is 18.2. The highest BCUT2D eigenvalue weighted by atomic mass is 16.5. The number of aldehydes is 1. The van der Waals surface area contributed by atoms with Crippen molar-refractivity contribution in [2.24, 2.45) is 0 Å². The van der Waals surface area contributed by atoms with Crippen molar-refractivity contribution in [3.05, 3.63) is 53.6 Å². The predicted octanol–water partition coefficient (Wildman–Crippen LogP) is 2.70. The first-order chi connectivity index (χ1) is 9.10. The zero-order chi connectivity index (χ0) is 13.8. The number of hydrogen-bond donors (Lipinski definition) is 2. The number of benzene rings is 2. The Labute approximate surface area is 108 Å². The van der Waals surface area contributed by atoms with Crippen molar-refractivity contribution >= 4 is 12.3 Å². The smallest absolute Gasteiger partial charge is 0.339 e. The first-order valence-corrected chi connectivity index (χ1v) is 5.39. The van der Waals surface area contributed by atoms with Gasteiger partial charge in [-0.15, -0.1) is 0 Å². The van der Waals surface area contributed by atoms with Crippen LogP contribution in [-0.2, 0) is 0 Å². The molecule has 96 valence electrons. The van der Waals surface area contributed by atoms with E-state index in [2.05, 4.69) is 0 Å². The van der Waals surface area contributed by atoms with Crippen LogP contribution in [0.2, 0.25) is 0 Å². The molecule has 0 amide bonds. The van der Waals surface area contributed by atoms with Crippen LogP contribution in [0.25, 0.3) is 0 Å². The Morgan fingerprint density at radius 3 is 2.26 bits per heavy atom. The van der Waals surface area contributed by atoms with Crippen molar-refractivity contribution in [3.8, 4) is 17.2 Å². The Balaban J connectivity index is 2.25. The van der Waals surface area contributed by atoms with Crippen molar-refractivity contribution in [3.63, 3.8) is 0 Å². The average Bonchev–Trinajstić information content (AvgIpc) is 2.41. The Morgan fingerprint density at radius 1 is 1.05 bits per heavy atom. The Morgan fingerprint density at radius 2 is 1.68 bits per heavy atom. The van der Waals surface area contributed by atoms with E-state index >= 15 is 0 Å². The van der Waals surface area contributed by atoms with E-state index in [1.54, 1.807) is 24.3 Å². The second-order valence-electron chi connectivity index (χ2n) is 3.77. The van der Waals surface area contributed by atoms with Gasteiger partial charge in [-0.3, -0.25) is 4.79 Å². The Bertz CT molecular complexity index is 616. The number of phenols is 1. The van der Waals surface area contributed by atoms with Gasteiger partial charge < -0.3 is 14.9 Å². The number of carboxylic acids is 1. The van der Waals surface area contributed by atoms with Crippen molar-refractivity contribution in [2.75, 3.05) is 0 Å². The van der Waals surface area contributed by atoms with Crippen molar-refractivity contribution < 1.29 is 24.5 Å². The molecule has 0 saturated carbocycles. The van der Waals surface area contributed by atoms with E-state index < -0.39 is 5.97 Å². The maximum atomic E-state index is 10.9. The summed E-state index contributed by atoms with van der Waals surface area (Å²) in [6.07, 6.45) is 0.715. The lowest BCUT2D eigenvalue weighted by Crippen LogP contribution is -1.97. The standard InChI is InChI=1S/C14H10O5/c15-8-9-1-3-10(4-2-9)19-11-5-6-13(16)12(7-11)14(17)18/h1-8,16H,(H,17,18). The molecule has 0 aliphatic carbocycles. The number of ether oxygens (including phenoxy) is 1. The van der Waals surface area contributed by atoms with Crippen LogP contribution in [0.4, 0.5) is 0 Å². The summed E-state index contributed by atoms with van der Waals surface area (Å²) in [4.78, 5) is 21.4. The van der Waals surface area contributed by atoms with Gasteiger partial charge in [0.25, 0.3) is 0 Å². The summed E-state index contributed by atoms with van der Waals surface area (Å²) in [5.41, 5.74) is 0.284. The van der Waals surface area contributed by atoms with E-state index in [-0.39, 0.29) is 17.1 Å². The van der Waals surface area contributed by atoms with Crippen LogP contribution < -0.4 is 4.74 Å². The fourth-order valence-electron chi connectivity index (χ4n) is 1.50. The summed E-state index contributed by atoms with van der Waals surface area (Å²) >= 11 is 0. The van der Waals surface area contributed by atoms with Crippen LogP contribution in [0.5, 0.6) is 17.2 Å². The maximum absolute atomic E-state index is 10.9. The number of carboxylic acid groups (broad SMARTS) is 1. The van der Waals surface area contributed by atoms with Crippen LogP contribution in [0.3, 0.4) is 0 Å². The normalized spacial score (nSPS) is 9.89. The highest BCUT2D eigenvalue weighted by molar-refractivity contribution is 5.91. The zero-order valence-corrected chi connectivity index (χ0v) is 9.74. The summed E-state index contributed by atoms with van der Waals surface area (Å²) in [7, 11) is 0. The van der Waals surface area contributed by atoms with Crippen LogP contribution >= 0.6 is 0 Å². The zero-order valence-electron chi connectivity index (χ0n) is 9.74. The van der Waals surface area contributed by atoms with Crippen LogP contribution in [-0.4, -0.2) is 22.5 Å². The fourth-order valence-corrected chi connectivity index (χ4v) is 1.50. The van der Waals surface area contributed by atoms with Gasteiger partial charge in [-0.2, -0.15) is 0 Å². The molecule has 5 nitrogen and oxygen atoms in total. The lowest BCUT2D eigenvalue weighted by atomic mass is 10.2. The Hall–Kier alpha value is -2.82. The monoisotopic (exact) mass is 258 g/mol. The second kappa shape index (κ2) is 5.22. The number of carbonyl (C=O) groups excluding carboxylic acids is 1. The maximum Gasteiger partial charge on any atom is 0.339 e. The van der Waals surface area contributed by atoms with E-state index in [4.69, 9.17) is 9.84 Å². The number of rotatable bonds is 4. The highest BCUT2D eigenvalue weighted by Gasteiger charge is 2.11. The molecule has 19 heavy (non-hydrogen) atoms. The van der Waals surface area contributed by atoms with Gasteiger partial charge in [0.1, 0.15) is 29.1 Å². The first-order valence-electron chi connectivity index (χ1n) is 5.39. The van der Waals surface area contributed by atoms with Gasteiger partial charge in [-0.25, -0.2) is 4.79 Å². The minimum absolute atomic E-state index is 0.234. The predicted molar refractivity (Wildman–Crippen MR) is 67.0 cm³/mol. The largest absolute Gasteiger partial charge is 0.507 e. The van der Waals surface area contributed by atoms with Gasteiger partial charge in [0.2, 0.25) is 0 Å². The van der Waals surface area contributed by atoms with Gasteiger partial charge in [-0.1, -0.05) is 0 Å². The van der Waals surface area contributed by atoms with Gasteiger partial charge in [0.15, 0.2) is 0 Å². The minimum Gasteiger partial charge on any atom is -0.507 e. The molecule has 2 rings (SSSR count). The van der Waals surface area contributed by atoms with Gasteiger partial charge in [0.05, 0.1) is 0 Å². The first kappa shape index (κ1) is 12.6. The molecule has 0 spiro atoms. The molecule has 0 atom stereocenters. The van der Waals surface area contributed by atoms with Crippen LogP contribution in [0, 0.1) is 0 Å². The molecule has 0 aliphatic heterocycles. The summed E-state index contributed by atoms with van der Waals surface area (Å²) in [6.45, 7) is 0. The minimum atomic E-state index is -1.24. The molecular formula is C14H10O5. The molecule has 0 unspecified atom stereocenters. The molecule has 0 aliphatic rings. The number of aromatic hydroxyl groups is 1. The molecule has 0 saturated heterocycles. The van der Waals surface area contributed by atoms with Gasteiger partial charge in [0, 0.05) is 5.56 Å². The third-order valence-corrected chi connectivity index (χ3v) is 2.45. The quantitative estimate of drug-likeness (QED) is 0.824. The van der Waals surface area contributed by atoms with E-state index in [0.717, 1.165) is 0 Å². The van der Waals surface area contributed by atoms with E-state index in [9.17, 15) is 14.7 Å². The highest BCUT2D eigenvalue weighted by Crippen LogP contribution is 2.27. The lowest BCUT2D eigenvalue weighted by Gasteiger charge is -2.07. The van der Waals surface area contributed by atoms with Crippen LogP contribution in [0.1, 0.15) is 20.7 Å². The van der Waals surface area contributed by atoms with Crippen LogP contribution in [0.15, 0.2) is 42.5 Å². The topological polar surface area (TPSA) is 83.8 Å². The van der Waals surface area contributed by atoms with Crippen molar-refractivity contribution in [2.45, 2.75) is 0 Å². The van der Waals surface area contributed by atoms with Gasteiger partial charge >= 0.3 is 5.97 Å². The summed E-state index contributed by atoms with van der Waals surface area (Å²) < 4.78 is 5.43. The SMILES string of the molecule is O=Cc1ccc(Oc2ccc(O)c(C(=O)O)c2)cc1. The molecule has 2 aromatic rings. The number of carbonyl (C=O) groups is 2. The molecule has 0 fully saturated rings. The van der Waals surface area contributed by atoms with E-state index in [1.807, 2.05) is 0 Å². The average molecular weight is 258 g/mol. The fraction of sp³-hybridized carbons (Fsp3) is 0. The number of hydrogen-bond acceptors (Lipinski definition) is 4. The molecule has 2 N–H and O–H groups in total. The third-order valence-electron chi connectivity index (χ3n) is 2.45. The molecule has 0 aromatic heterocycles. The summed E-state index contributed by atoms with van der Waals surface area (Å²) in [6, 6.07) is 10.3. The van der Waals surface area contributed by atoms with Crippen molar-refractivity contribution in [1.29, 1.82) is 0 Å². The van der Waals surface area contributed by atoms with E-state index in [1.165, 1.54) is 18.2 Å². The molecule has 2 aromatic carbocycles. The molecule has 0 bridgehead atoms. The second-order valence-corrected chi connectivity index (χ2v) is 3.77.